The third kappa shape index (κ3) is 4.80. The molecule has 2 aromatic rings. The normalized spacial score (nSPS) is 19.5. The first-order valence-corrected chi connectivity index (χ1v) is 12.8. The predicted octanol–water partition coefficient (Wildman–Crippen LogP) is 6.42. The molecular formula is C26H36N2O3S. The van der Waals surface area contributed by atoms with Gasteiger partial charge in [0.15, 0.2) is 0 Å². The van der Waals surface area contributed by atoms with Crippen LogP contribution in [-0.2, 0) is 12.8 Å². The molecule has 1 unspecified atom stereocenters. The summed E-state index contributed by atoms with van der Waals surface area (Å²) in [5.41, 5.74) is 2.58. The summed E-state index contributed by atoms with van der Waals surface area (Å²) in [7, 11) is 0. The van der Waals surface area contributed by atoms with E-state index >= 15 is 0 Å². The van der Waals surface area contributed by atoms with Crippen molar-refractivity contribution in [3.63, 3.8) is 0 Å². The number of furan rings is 1. The zero-order valence-corrected chi connectivity index (χ0v) is 20.8. The summed E-state index contributed by atoms with van der Waals surface area (Å²) < 4.78 is 5.55. The van der Waals surface area contributed by atoms with Crippen molar-refractivity contribution in [3.8, 4) is 0 Å². The number of hydrogen-bond donors (Lipinski definition) is 2. The molecule has 0 aliphatic heterocycles. The number of fused-ring (bicyclic) bond motifs is 1. The van der Waals surface area contributed by atoms with Crippen LogP contribution in [0.1, 0.15) is 102 Å². The van der Waals surface area contributed by atoms with Crippen LogP contribution in [0, 0.1) is 25.2 Å². The Morgan fingerprint density at radius 2 is 1.78 bits per heavy atom. The Morgan fingerprint density at radius 1 is 1.06 bits per heavy atom. The highest BCUT2D eigenvalue weighted by atomic mass is 32.1. The minimum absolute atomic E-state index is 0.0287. The molecule has 1 fully saturated rings. The van der Waals surface area contributed by atoms with Gasteiger partial charge in [-0.3, -0.25) is 9.59 Å². The third-order valence-corrected chi connectivity index (χ3v) is 8.34. The highest BCUT2D eigenvalue weighted by Gasteiger charge is 2.34. The maximum Gasteiger partial charge on any atom is 0.259 e. The minimum atomic E-state index is -0.211. The van der Waals surface area contributed by atoms with Crippen LogP contribution in [0.4, 0.5) is 5.00 Å². The first-order valence-electron chi connectivity index (χ1n) is 12.0. The Labute approximate surface area is 195 Å². The van der Waals surface area contributed by atoms with E-state index in [4.69, 9.17) is 4.42 Å². The van der Waals surface area contributed by atoms with Gasteiger partial charge in [0, 0.05) is 10.9 Å². The van der Waals surface area contributed by atoms with Crippen LogP contribution < -0.4 is 10.6 Å². The molecule has 2 amide bonds. The van der Waals surface area contributed by atoms with Crippen molar-refractivity contribution in [2.45, 2.75) is 92.0 Å². The highest BCUT2D eigenvalue weighted by molar-refractivity contribution is 7.17. The molecule has 0 radical (unpaired) electrons. The van der Waals surface area contributed by atoms with Gasteiger partial charge in [-0.05, 0) is 68.9 Å². The fourth-order valence-electron chi connectivity index (χ4n) is 5.18. The van der Waals surface area contributed by atoms with Crippen molar-refractivity contribution in [2.24, 2.45) is 11.3 Å². The fraction of sp³-hybridized carbons (Fsp3) is 0.615. The molecule has 32 heavy (non-hydrogen) atoms. The molecule has 2 aliphatic carbocycles. The lowest BCUT2D eigenvalue weighted by molar-refractivity contribution is 0.0927. The van der Waals surface area contributed by atoms with Crippen LogP contribution in [0.25, 0.3) is 0 Å². The first-order chi connectivity index (χ1) is 15.1. The Hall–Kier alpha value is -2.08. The monoisotopic (exact) mass is 456 g/mol. The van der Waals surface area contributed by atoms with Crippen molar-refractivity contribution in [3.05, 3.63) is 39.2 Å². The van der Waals surface area contributed by atoms with Crippen molar-refractivity contribution in [2.75, 3.05) is 5.32 Å². The summed E-state index contributed by atoms with van der Waals surface area (Å²) in [5.74, 6) is 1.64. The lowest BCUT2D eigenvalue weighted by Gasteiger charge is -2.34. The van der Waals surface area contributed by atoms with Gasteiger partial charge in [-0.25, -0.2) is 0 Å². The molecule has 0 aromatic carbocycles. The Morgan fingerprint density at radius 3 is 2.41 bits per heavy atom. The molecule has 0 spiro atoms. The maximum absolute atomic E-state index is 13.5. The van der Waals surface area contributed by atoms with Crippen molar-refractivity contribution in [1.82, 2.24) is 5.32 Å². The standard InChI is InChI=1S/C26H36N2O3S/c1-15-13-20(16(2)31-15)23(29)28-25-22(24(30)27-18-9-7-6-8-10-18)19-12-11-17(26(3,4)5)14-21(19)32-25/h13,17-18H,6-12,14H2,1-5H3,(H,27,30)(H,28,29). The number of hydrogen-bond acceptors (Lipinski definition) is 4. The van der Waals surface area contributed by atoms with Crippen molar-refractivity contribution >= 4 is 28.2 Å². The second kappa shape index (κ2) is 9.05. The minimum Gasteiger partial charge on any atom is -0.466 e. The molecule has 174 valence electrons. The van der Waals surface area contributed by atoms with Crippen molar-refractivity contribution < 1.29 is 14.0 Å². The molecule has 1 atom stereocenters. The van der Waals surface area contributed by atoms with Gasteiger partial charge >= 0.3 is 0 Å². The summed E-state index contributed by atoms with van der Waals surface area (Å²) in [5, 5.41) is 7.03. The topological polar surface area (TPSA) is 71.3 Å². The molecule has 2 aliphatic rings. The summed E-state index contributed by atoms with van der Waals surface area (Å²) >= 11 is 1.58. The van der Waals surface area contributed by atoms with E-state index in [0.29, 0.717) is 33.6 Å². The SMILES string of the molecule is Cc1cc(C(=O)Nc2sc3c(c2C(=O)NC2CCCCC2)CCC(C(C)(C)C)C3)c(C)o1. The molecule has 0 bridgehead atoms. The van der Waals surface area contributed by atoms with Crippen LogP contribution in [0.15, 0.2) is 10.5 Å². The van der Waals surface area contributed by atoms with Gasteiger partial charge in [0.2, 0.25) is 0 Å². The zero-order chi connectivity index (χ0) is 23.0. The van der Waals surface area contributed by atoms with E-state index in [1.807, 2.05) is 6.92 Å². The smallest absolute Gasteiger partial charge is 0.259 e. The average molecular weight is 457 g/mol. The van der Waals surface area contributed by atoms with Gasteiger partial charge in [-0.2, -0.15) is 0 Å². The van der Waals surface area contributed by atoms with Gasteiger partial charge in [-0.15, -0.1) is 11.3 Å². The average Bonchev–Trinajstić information content (AvgIpc) is 3.26. The van der Waals surface area contributed by atoms with E-state index in [0.717, 1.165) is 37.7 Å². The summed E-state index contributed by atoms with van der Waals surface area (Å²) in [6.45, 7) is 10.5. The molecular weight excluding hydrogens is 420 g/mol. The van der Waals surface area contributed by atoms with Gasteiger partial charge in [0.25, 0.3) is 11.8 Å². The molecule has 0 saturated heterocycles. The van der Waals surface area contributed by atoms with Gasteiger partial charge in [0.05, 0.1) is 11.1 Å². The lowest BCUT2D eigenvalue weighted by Crippen LogP contribution is -2.37. The molecule has 6 heteroatoms. The number of rotatable bonds is 4. The summed E-state index contributed by atoms with van der Waals surface area (Å²) in [6, 6.07) is 2.00. The molecule has 2 aromatic heterocycles. The molecule has 2 heterocycles. The number of thiophene rings is 1. The van der Waals surface area contributed by atoms with Crippen LogP contribution in [0.5, 0.6) is 0 Å². The Kier molecular flexibility index (Phi) is 6.53. The van der Waals surface area contributed by atoms with Crippen LogP contribution in [0.3, 0.4) is 0 Å². The van der Waals surface area contributed by atoms with E-state index in [9.17, 15) is 9.59 Å². The zero-order valence-electron chi connectivity index (χ0n) is 20.0. The highest BCUT2D eigenvalue weighted by Crippen LogP contribution is 2.44. The van der Waals surface area contributed by atoms with Gasteiger partial charge < -0.3 is 15.1 Å². The van der Waals surface area contributed by atoms with Crippen molar-refractivity contribution in [1.29, 1.82) is 0 Å². The van der Waals surface area contributed by atoms with Crippen LogP contribution in [0.2, 0.25) is 0 Å². The third-order valence-electron chi connectivity index (χ3n) is 7.17. The van der Waals surface area contributed by atoms with E-state index in [-0.39, 0.29) is 23.3 Å². The molecule has 2 N–H and O–H groups in total. The summed E-state index contributed by atoms with van der Waals surface area (Å²) in [6.07, 6.45) is 8.60. The van der Waals surface area contributed by atoms with Crippen LogP contribution >= 0.6 is 11.3 Å². The van der Waals surface area contributed by atoms with Crippen LogP contribution in [-0.4, -0.2) is 17.9 Å². The second-order valence-electron chi connectivity index (χ2n) is 10.6. The Bertz CT molecular complexity index is 1010. The molecule has 4 rings (SSSR count). The van der Waals surface area contributed by atoms with E-state index < -0.39 is 0 Å². The lowest BCUT2D eigenvalue weighted by atomic mass is 9.72. The van der Waals surface area contributed by atoms with E-state index in [1.165, 1.54) is 24.1 Å². The van der Waals surface area contributed by atoms with E-state index in [1.54, 1.807) is 24.3 Å². The number of amides is 2. The molecule has 5 nitrogen and oxygen atoms in total. The number of carbonyl (C=O) groups excluding carboxylic acids is 2. The van der Waals surface area contributed by atoms with Gasteiger partial charge in [0.1, 0.15) is 16.5 Å². The number of nitrogens with one attached hydrogen (secondary N) is 2. The fourth-order valence-corrected chi connectivity index (χ4v) is 6.50. The number of carbonyl (C=O) groups is 2. The largest absolute Gasteiger partial charge is 0.466 e. The van der Waals surface area contributed by atoms with Gasteiger partial charge in [-0.1, -0.05) is 40.0 Å². The Balaban J connectivity index is 1.64. The summed E-state index contributed by atoms with van der Waals surface area (Å²) in [4.78, 5) is 27.8. The maximum atomic E-state index is 13.5. The first kappa shape index (κ1) is 23.1. The second-order valence-corrected chi connectivity index (χ2v) is 11.7. The number of anilines is 1. The molecule has 1 saturated carbocycles. The number of aryl methyl sites for hydroxylation is 2. The quantitative estimate of drug-likeness (QED) is 0.557. The predicted molar refractivity (Wildman–Crippen MR) is 130 cm³/mol. The van der Waals surface area contributed by atoms with E-state index in [2.05, 4.69) is 31.4 Å².